The number of aliphatic hydroxyl groups is 1. The number of aliphatic hydroxyl groups excluding tert-OH is 1. The van der Waals surface area contributed by atoms with Crippen LogP contribution in [0.1, 0.15) is 22.8 Å². The van der Waals surface area contributed by atoms with E-state index in [2.05, 4.69) is 57.0 Å². The van der Waals surface area contributed by atoms with Crippen molar-refractivity contribution in [2.45, 2.75) is 13.0 Å². The molecule has 1 N–H and O–H groups in total. The molecule has 0 amide bonds. The Morgan fingerprint density at radius 3 is 2.14 bits per heavy atom. The van der Waals surface area contributed by atoms with Gasteiger partial charge < -0.3 is 5.11 Å². The molecule has 0 bridgehead atoms. The van der Waals surface area contributed by atoms with Crippen molar-refractivity contribution in [3.8, 4) is 0 Å². The van der Waals surface area contributed by atoms with E-state index in [1.54, 1.807) is 0 Å². The largest absolute Gasteiger partial charge is 0.384 e. The van der Waals surface area contributed by atoms with Gasteiger partial charge in [0.25, 0.3) is 0 Å². The van der Waals surface area contributed by atoms with Crippen molar-refractivity contribution in [3.63, 3.8) is 0 Å². The van der Waals surface area contributed by atoms with Crippen LogP contribution in [-0.2, 0) is 0 Å². The molecule has 0 saturated carbocycles. The van der Waals surface area contributed by atoms with Crippen molar-refractivity contribution in [2.75, 3.05) is 0 Å². The SMILES string of the molecule is Cc1ccc(C(O)c2cc(Br)cc(Br)c2)c2ccccc12. The molecule has 1 nitrogen and oxygen atoms in total. The highest BCUT2D eigenvalue weighted by Crippen LogP contribution is 2.33. The number of rotatable bonds is 2. The van der Waals surface area contributed by atoms with Crippen molar-refractivity contribution in [3.05, 3.63) is 80.2 Å². The first-order chi connectivity index (χ1) is 10.1. The smallest absolute Gasteiger partial charge is 0.105 e. The number of hydrogen-bond acceptors (Lipinski definition) is 1. The minimum Gasteiger partial charge on any atom is -0.384 e. The van der Waals surface area contributed by atoms with Crippen LogP contribution in [0.2, 0.25) is 0 Å². The summed E-state index contributed by atoms with van der Waals surface area (Å²) in [6, 6.07) is 18.1. The fourth-order valence-corrected chi connectivity index (χ4v) is 3.95. The second-order valence-electron chi connectivity index (χ2n) is 5.12. The first-order valence-corrected chi connectivity index (χ1v) is 8.27. The van der Waals surface area contributed by atoms with E-state index in [4.69, 9.17) is 0 Å². The second-order valence-corrected chi connectivity index (χ2v) is 6.95. The number of halogens is 2. The predicted octanol–water partition coefficient (Wildman–Crippen LogP) is 5.75. The van der Waals surface area contributed by atoms with Gasteiger partial charge in [0.2, 0.25) is 0 Å². The molecule has 21 heavy (non-hydrogen) atoms. The molecular formula is C18H14Br2O. The maximum Gasteiger partial charge on any atom is 0.105 e. The zero-order valence-electron chi connectivity index (χ0n) is 11.5. The second kappa shape index (κ2) is 5.91. The van der Waals surface area contributed by atoms with E-state index in [0.29, 0.717) is 0 Å². The van der Waals surface area contributed by atoms with Crippen LogP contribution >= 0.6 is 31.9 Å². The zero-order chi connectivity index (χ0) is 15.0. The molecule has 1 atom stereocenters. The molecule has 106 valence electrons. The van der Waals surface area contributed by atoms with Crippen LogP contribution < -0.4 is 0 Å². The summed E-state index contributed by atoms with van der Waals surface area (Å²) in [6.07, 6.45) is -0.649. The Hall–Kier alpha value is -1.16. The van der Waals surface area contributed by atoms with Gasteiger partial charge in [0.15, 0.2) is 0 Å². The Kier molecular flexibility index (Phi) is 4.16. The van der Waals surface area contributed by atoms with E-state index in [-0.39, 0.29) is 0 Å². The predicted molar refractivity (Wildman–Crippen MR) is 94.6 cm³/mol. The Bertz CT molecular complexity index is 791. The summed E-state index contributed by atoms with van der Waals surface area (Å²) in [5.41, 5.74) is 3.02. The van der Waals surface area contributed by atoms with Crippen molar-refractivity contribution in [1.82, 2.24) is 0 Å². The van der Waals surface area contributed by atoms with Gasteiger partial charge in [-0.05, 0) is 52.6 Å². The van der Waals surface area contributed by atoms with Gasteiger partial charge in [0.05, 0.1) is 0 Å². The van der Waals surface area contributed by atoms with Gasteiger partial charge in [-0.25, -0.2) is 0 Å². The topological polar surface area (TPSA) is 20.2 Å². The van der Waals surface area contributed by atoms with Gasteiger partial charge in [-0.1, -0.05) is 68.3 Å². The number of benzene rings is 3. The molecule has 0 aliphatic carbocycles. The van der Waals surface area contributed by atoms with Gasteiger partial charge >= 0.3 is 0 Å². The lowest BCUT2D eigenvalue weighted by Gasteiger charge is -2.16. The molecule has 3 rings (SSSR count). The number of hydrogen-bond donors (Lipinski definition) is 1. The molecule has 3 aromatic carbocycles. The average Bonchev–Trinajstić information content (AvgIpc) is 2.46. The van der Waals surface area contributed by atoms with Gasteiger partial charge in [-0.3, -0.25) is 0 Å². The van der Waals surface area contributed by atoms with Gasteiger partial charge in [0, 0.05) is 8.95 Å². The molecule has 0 radical (unpaired) electrons. The average molecular weight is 406 g/mol. The Balaban J connectivity index is 2.18. The van der Waals surface area contributed by atoms with Crippen LogP contribution in [-0.4, -0.2) is 5.11 Å². The lowest BCUT2D eigenvalue weighted by atomic mass is 9.94. The number of fused-ring (bicyclic) bond motifs is 1. The highest BCUT2D eigenvalue weighted by molar-refractivity contribution is 9.11. The van der Waals surface area contributed by atoms with Crippen LogP contribution in [0, 0.1) is 6.92 Å². The third-order valence-electron chi connectivity index (χ3n) is 3.67. The minimum absolute atomic E-state index is 0.649. The van der Waals surface area contributed by atoms with Gasteiger partial charge in [-0.2, -0.15) is 0 Å². The van der Waals surface area contributed by atoms with Crippen molar-refractivity contribution in [2.24, 2.45) is 0 Å². The monoisotopic (exact) mass is 404 g/mol. The molecule has 3 aromatic rings. The Morgan fingerprint density at radius 1 is 0.857 bits per heavy atom. The minimum atomic E-state index is -0.649. The van der Waals surface area contributed by atoms with Gasteiger partial charge in [-0.15, -0.1) is 0 Å². The van der Waals surface area contributed by atoms with E-state index < -0.39 is 6.10 Å². The third kappa shape index (κ3) is 2.91. The molecule has 0 spiro atoms. The summed E-state index contributed by atoms with van der Waals surface area (Å²) in [5, 5.41) is 13.1. The molecule has 3 heteroatoms. The van der Waals surface area contributed by atoms with E-state index in [1.807, 2.05) is 36.4 Å². The summed E-state index contributed by atoms with van der Waals surface area (Å²) in [4.78, 5) is 0. The fourth-order valence-electron chi connectivity index (χ4n) is 2.62. The zero-order valence-corrected chi connectivity index (χ0v) is 14.6. The summed E-state index contributed by atoms with van der Waals surface area (Å²) in [5.74, 6) is 0. The van der Waals surface area contributed by atoms with E-state index in [0.717, 1.165) is 25.5 Å². The molecule has 0 fully saturated rings. The standard InChI is InChI=1S/C18H14Br2O/c1-11-6-7-17(16-5-3-2-4-15(11)16)18(21)12-8-13(19)10-14(20)9-12/h2-10,18,21H,1H3. The molecular weight excluding hydrogens is 392 g/mol. The summed E-state index contributed by atoms with van der Waals surface area (Å²) in [7, 11) is 0. The van der Waals surface area contributed by atoms with E-state index in [1.165, 1.54) is 10.9 Å². The van der Waals surface area contributed by atoms with Crippen molar-refractivity contribution < 1.29 is 5.11 Å². The molecule has 0 saturated heterocycles. The molecule has 1 unspecified atom stereocenters. The fraction of sp³-hybridized carbons (Fsp3) is 0.111. The highest BCUT2D eigenvalue weighted by Gasteiger charge is 2.15. The highest BCUT2D eigenvalue weighted by atomic mass is 79.9. The van der Waals surface area contributed by atoms with Crippen molar-refractivity contribution in [1.29, 1.82) is 0 Å². The molecule has 0 heterocycles. The lowest BCUT2D eigenvalue weighted by molar-refractivity contribution is 0.222. The van der Waals surface area contributed by atoms with Crippen LogP contribution in [0.25, 0.3) is 10.8 Å². The quantitative estimate of drug-likeness (QED) is 0.574. The summed E-state index contributed by atoms with van der Waals surface area (Å²) in [6.45, 7) is 2.09. The first-order valence-electron chi connectivity index (χ1n) is 6.68. The molecule has 0 aliphatic heterocycles. The Labute approximate surface area is 140 Å². The van der Waals surface area contributed by atoms with Gasteiger partial charge in [0.1, 0.15) is 6.10 Å². The van der Waals surface area contributed by atoms with Crippen LogP contribution in [0.5, 0.6) is 0 Å². The first kappa shape index (κ1) is 14.8. The van der Waals surface area contributed by atoms with Crippen molar-refractivity contribution >= 4 is 42.6 Å². The maximum atomic E-state index is 10.8. The Morgan fingerprint density at radius 2 is 1.48 bits per heavy atom. The maximum absolute atomic E-state index is 10.8. The summed E-state index contributed by atoms with van der Waals surface area (Å²) < 4.78 is 1.89. The van der Waals surface area contributed by atoms with Crippen LogP contribution in [0.4, 0.5) is 0 Å². The summed E-state index contributed by atoms with van der Waals surface area (Å²) >= 11 is 6.95. The molecule has 0 aliphatic rings. The van der Waals surface area contributed by atoms with E-state index >= 15 is 0 Å². The normalized spacial score (nSPS) is 12.6. The lowest BCUT2D eigenvalue weighted by Crippen LogP contribution is -2.01. The van der Waals surface area contributed by atoms with Crippen LogP contribution in [0.15, 0.2) is 63.5 Å². The van der Waals surface area contributed by atoms with Crippen LogP contribution in [0.3, 0.4) is 0 Å². The third-order valence-corrected chi connectivity index (χ3v) is 4.59. The van der Waals surface area contributed by atoms with E-state index in [9.17, 15) is 5.11 Å². The number of aryl methyl sites for hydroxylation is 1. The molecule has 0 aromatic heterocycles.